The Hall–Kier alpha value is -1.81. The van der Waals surface area contributed by atoms with E-state index in [0.29, 0.717) is 31.0 Å². The Morgan fingerprint density at radius 2 is 1.93 bits per heavy atom. The molecule has 1 saturated heterocycles. The first kappa shape index (κ1) is 21.5. The van der Waals surface area contributed by atoms with Gasteiger partial charge in [0.1, 0.15) is 6.61 Å². The van der Waals surface area contributed by atoms with Gasteiger partial charge in [-0.25, -0.2) is 13.4 Å². The van der Waals surface area contributed by atoms with Crippen LogP contribution in [0, 0.1) is 0 Å². The molecule has 27 heavy (non-hydrogen) atoms. The number of ether oxygens (including phenoxy) is 1. The Labute approximate surface area is 157 Å². The van der Waals surface area contributed by atoms with Crippen molar-refractivity contribution in [2.45, 2.75) is 38.7 Å². The summed E-state index contributed by atoms with van der Waals surface area (Å²) in [6, 6.07) is 6.80. The summed E-state index contributed by atoms with van der Waals surface area (Å²) in [5, 5.41) is 6.21. The Morgan fingerprint density at radius 3 is 2.48 bits per heavy atom. The molecule has 1 aliphatic rings. The third-order valence-electron chi connectivity index (χ3n) is 3.89. The van der Waals surface area contributed by atoms with Crippen LogP contribution in [-0.2, 0) is 27.7 Å². The number of hydrogen-bond donors (Lipinski definition) is 2. The maximum Gasteiger partial charge on any atom is 0.411 e. The standard InChI is InChI=1S/C17H24F3N3O3S/c1-2-21-16(23-15-7-8-27(24,25)11-15)22-9-13-3-5-14(6-4-13)10-26-12-17(18,19)20/h3-6,15H,2,7-12H2,1H3,(H2,21,22,23). The largest absolute Gasteiger partial charge is 0.411 e. The van der Waals surface area contributed by atoms with E-state index in [1.165, 1.54) is 0 Å². The summed E-state index contributed by atoms with van der Waals surface area (Å²) >= 11 is 0. The minimum absolute atomic E-state index is 0.101. The van der Waals surface area contributed by atoms with E-state index in [-0.39, 0.29) is 24.2 Å². The first-order valence-corrected chi connectivity index (χ1v) is 10.5. The van der Waals surface area contributed by atoms with Gasteiger partial charge in [0.2, 0.25) is 0 Å². The highest BCUT2D eigenvalue weighted by molar-refractivity contribution is 7.91. The van der Waals surface area contributed by atoms with Crippen LogP contribution in [0.2, 0.25) is 0 Å². The molecule has 0 aromatic heterocycles. The Bertz CT molecular complexity index is 734. The van der Waals surface area contributed by atoms with E-state index in [1.54, 1.807) is 24.3 Å². The van der Waals surface area contributed by atoms with E-state index in [2.05, 4.69) is 20.4 Å². The van der Waals surface area contributed by atoms with Crippen LogP contribution in [0.25, 0.3) is 0 Å². The fourth-order valence-electron chi connectivity index (χ4n) is 2.62. The van der Waals surface area contributed by atoms with E-state index < -0.39 is 22.6 Å². The second-order valence-corrected chi connectivity index (χ2v) is 8.59. The third-order valence-corrected chi connectivity index (χ3v) is 5.66. The number of nitrogens with zero attached hydrogens (tertiary/aromatic N) is 1. The zero-order valence-electron chi connectivity index (χ0n) is 15.1. The van der Waals surface area contributed by atoms with E-state index in [0.717, 1.165) is 5.56 Å². The van der Waals surface area contributed by atoms with Gasteiger partial charge in [0.15, 0.2) is 15.8 Å². The molecule has 0 radical (unpaired) electrons. The van der Waals surface area contributed by atoms with Gasteiger partial charge in [0.05, 0.1) is 24.7 Å². The molecule has 0 amide bonds. The first-order chi connectivity index (χ1) is 12.7. The van der Waals surface area contributed by atoms with Crippen molar-refractivity contribution in [1.82, 2.24) is 10.6 Å². The number of sulfone groups is 1. The molecule has 2 rings (SSSR count). The molecule has 1 aliphatic heterocycles. The predicted octanol–water partition coefficient (Wildman–Crippen LogP) is 2.01. The van der Waals surface area contributed by atoms with Gasteiger partial charge in [0.25, 0.3) is 0 Å². The highest BCUT2D eigenvalue weighted by Crippen LogP contribution is 2.16. The summed E-state index contributed by atoms with van der Waals surface area (Å²) in [4.78, 5) is 4.44. The number of alkyl halides is 3. The van der Waals surface area contributed by atoms with Gasteiger partial charge < -0.3 is 15.4 Å². The molecular weight excluding hydrogens is 383 g/mol. The highest BCUT2D eigenvalue weighted by atomic mass is 32.2. The normalized spacial score (nSPS) is 19.9. The molecule has 0 aliphatic carbocycles. The van der Waals surface area contributed by atoms with Crippen molar-refractivity contribution < 1.29 is 26.3 Å². The molecule has 1 atom stereocenters. The number of aliphatic imine (C=N–C) groups is 1. The average Bonchev–Trinajstić information content (AvgIpc) is 2.91. The Morgan fingerprint density at radius 1 is 1.26 bits per heavy atom. The van der Waals surface area contributed by atoms with Crippen molar-refractivity contribution in [3.05, 3.63) is 35.4 Å². The lowest BCUT2D eigenvalue weighted by Crippen LogP contribution is -2.44. The summed E-state index contributed by atoms with van der Waals surface area (Å²) in [5.41, 5.74) is 1.53. The summed E-state index contributed by atoms with van der Waals surface area (Å²) < 4.78 is 63.9. The maximum absolute atomic E-state index is 12.1. The van der Waals surface area contributed by atoms with Gasteiger partial charge in [0, 0.05) is 12.6 Å². The monoisotopic (exact) mass is 407 g/mol. The van der Waals surface area contributed by atoms with Crippen LogP contribution in [0.1, 0.15) is 24.5 Å². The maximum atomic E-state index is 12.1. The Balaban J connectivity index is 1.87. The van der Waals surface area contributed by atoms with E-state index >= 15 is 0 Å². The van der Waals surface area contributed by atoms with E-state index in [1.807, 2.05) is 6.92 Å². The van der Waals surface area contributed by atoms with Crippen LogP contribution in [0.3, 0.4) is 0 Å². The molecule has 1 aromatic rings. The molecule has 2 N–H and O–H groups in total. The van der Waals surface area contributed by atoms with Crippen LogP contribution >= 0.6 is 0 Å². The quantitative estimate of drug-likeness (QED) is 0.534. The topological polar surface area (TPSA) is 79.8 Å². The number of guanidine groups is 1. The van der Waals surface area contributed by atoms with Crippen molar-refractivity contribution >= 4 is 15.8 Å². The molecular formula is C17H24F3N3O3S. The molecule has 0 saturated carbocycles. The Kier molecular flexibility index (Phi) is 7.49. The van der Waals surface area contributed by atoms with Crippen LogP contribution in [0.4, 0.5) is 13.2 Å². The predicted molar refractivity (Wildman–Crippen MR) is 97.2 cm³/mol. The van der Waals surface area contributed by atoms with Crippen LogP contribution in [0.5, 0.6) is 0 Å². The second kappa shape index (κ2) is 9.41. The van der Waals surface area contributed by atoms with Gasteiger partial charge in [-0.2, -0.15) is 13.2 Å². The lowest BCUT2D eigenvalue weighted by atomic mass is 10.1. The molecule has 6 nitrogen and oxygen atoms in total. The fraction of sp³-hybridized carbons (Fsp3) is 0.588. The number of benzene rings is 1. The van der Waals surface area contributed by atoms with Crippen LogP contribution < -0.4 is 10.6 Å². The lowest BCUT2D eigenvalue weighted by molar-refractivity contribution is -0.176. The molecule has 1 fully saturated rings. The molecule has 1 unspecified atom stereocenters. The van der Waals surface area contributed by atoms with Crippen molar-refractivity contribution in [3.63, 3.8) is 0 Å². The third kappa shape index (κ3) is 8.17. The summed E-state index contributed by atoms with van der Waals surface area (Å²) in [7, 11) is -2.97. The minimum atomic E-state index is -4.33. The minimum Gasteiger partial charge on any atom is -0.367 e. The summed E-state index contributed by atoms with van der Waals surface area (Å²) in [5.74, 6) is 0.823. The molecule has 1 aromatic carbocycles. The molecule has 152 valence electrons. The lowest BCUT2D eigenvalue weighted by Gasteiger charge is -2.15. The van der Waals surface area contributed by atoms with Gasteiger partial charge in [-0.15, -0.1) is 0 Å². The van der Waals surface area contributed by atoms with Crippen molar-refractivity contribution in [1.29, 1.82) is 0 Å². The molecule has 0 spiro atoms. The fourth-order valence-corrected chi connectivity index (χ4v) is 4.29. The summed E-state index contributed by atoms with van der Waals surface area (Å²) in [6.07, 6.45) is -3.78. The first-order valence-electron chi connectivity index (χ1n) is 8.64. The number of hydrogen-bond acceptors (Lipinski definition) is 4. The van der Waals surface area contributed by atoms with Crippen molar-refractivity contribution in [2.24, 2.45) is 4.99 Å². The zero-order valence-corrected chi connectivity index (χ0v) is 15.9. The van der Waals surface area contributed by atoms with Crippen LogP contribution in [-0.4, -0.2) is 51.3 Å². The number of rotatable bonds is 7. The van der Waals surface area contributed by atoms with Gasteiger partial charge in [-0.1, -0.05) is 24.3 Å². The number of nitrogens with one attached hydrogen (secondary N) is 2. The molecule has 10 heteroatoms. The van der Waals surface area contributed by atoms with Crippen LogP contribution in [0.15, 0.2) is 29.3 Å². The summed E-state index contributed by atoms with van der Waals surface area (Å²) in [6.45, 7) is 1.54. The van der Waals surface area contributed by atoms with Gasteiger partial charge in [-0.3, -0.25) is 0 Å². The molecule has 1 heterocycles. The van der Waals surface area contributed by atoms with Crippen molar-refractivity contribution in [3.8, 4) is 0 Å². The van der Waals surface area contributed by atoms with E-state index in [4.69, 9.17) is 0 Å². The molecule has 0 bridgehead atoms. The SMILES string of the molecule is CCNC(=NCc1ccc(COCC(F)(F)F)cc1)NC1CCS(=O)(=O)C1. The highest BCUT2D eigenvalue weighted by Gasteiger charge is 2.28. The van der Waals surface area contributed by atoms with Gasteiger partial charge >= 0.3 is 6.18 Å². The second-order valence-electron chi connectivity index (χ2n) is 6.36. The van der Waals surface area contributed by atoms with Crippen molar-refractivity contribution in [2.75, 3.05) is 24.7 Å². The smallest absolute Gasteiger partial charge is 0.367 e. The average molecular weight is 407 g/mol. The zero-order chi connectivity index (χ0) is 19.9. The van der Waals surface area contributed by atoms with E-state index in [9.17, 15) is 21.6 Å². The van der Waals surface area contributed by atoms with Gasteiger partial charge in [-0.05, 0) is 24.5 Å². The number of halogens is 3.